The quantitative estimate of drug-likeness (QED) is 0.198. The molecule has 0 spiro atoms. The van der Waals surface area contributed by atoms with Crippen LogP contribution in [0.5, 0.6) is 5.75 Å². The minimum absolute atomic E-state index is 0.0139. The molecule has 12 heteroatoms. The van der Waals surface area contributed by atoms with Crippen molar-refractivity contribution >= 4 is 62.3 Å². The zero-order chi connectivity index (χ0) is 30.9. The topological polar surface area (TPSA) is 96.0 Å². The Kier molecular flexibility index (Phi) is 12.4. The Hall–Kier alpha value is -2.98. The lowest BCUT2D eigenvalue weighted by atomic mass is 10.1. The van der Waals surface area contributed by atoms with Crippen molar-refractivity contribution in [1.82, 2.24) is 10.2 Å². The van der Waals surface area contributed by atoms with Crippen LogP contribution >= 0.6 is 34.8 Å². The van der Waals surface area contributed by atoms with E-state index >= 15 is 0 Å². The van der Waals surface area contributed by atoms with E-state index in [1.54, 1.807) is 56.3 Å². The molecule has 226 valence electrons. The molecule has 3 aromatic rings. The highest BCUT2D eigenvalue weighted by atomic mass is 35.5. The van der Waals surface area contributed by atoms with Crippen LogP contribution in [0, 0.1) is 0 Å². The fourth-order valence-electron chi connectivity index (χ4n) is 4.14. The van der Waals surface area contributed by atoms with Crippen LogP contribution in [-0.2, 0) is 26.2 Å². The number of carbonyl (C=O) groups excluding carboxylic acids is 2. The Bertz CT molecular complexity index is 1490. The first-order valence-corrected chi connectivity index (χ1v) is 16.1. The van der Waals surface area contributed by atoms with Crippen LogP contribution in [0.4, 0.5) is 5.69 Å². The lowest BCUT2D eigenvalue weighted by Gasteiger charge is -2.32. The average molecular weight is 655 g/mol. The maximum atomic E-state index is 14.1. The summed E-state index contributed by atoms with van der Waals surface area (Å²) in [6.45, 7) is 5.49. The molecule has 0 aliphatic carbocycles. The molecule has 3 rings (SSSR count). The van der Waals surface area contributed by atoms with E-state index in [1.807, 2.05) is 6.92 Å². The summed E-state index contributed by atoms with van der Waals surface area (Å²) < 4.78 is 34.8. The molecular formula is C30H34Cl3N3O5S. The van der Waals surface area contributed by atoms with Crippen LogP contribution in [0.3, 0.4) is 0 Å². The smallest absolute Gasteiger partial charge is 0.264 e. The van der Waals surface area contributed by atoms with Gasteiger partial charge in [-0.15, -0.1) is 0 Å². The van der Waals surface area contributed by atoms with E-state index in [1.165, 1.54) is 29.2 Å². The zero-order valence-electron chi connectivity index (χ0n) is 23.6. The fraction of sp³-hybridized carbons (Fsp3) is 0.333. The summed E-state index contributed by atoms with van der Waals surface area (Å²) in [5.74, 6) is -0.687. The van der Waals surface area contributed by atoms with Crippen LogP contribution in [0.15, 0.2) is 71.6 Å². The summed E-state index contributed by atoms with van der Waals surface area (Å²) in [6.07, 6.45) is 1.66. The lowest BCUT2D eigenvalue weighted by molar-refractivity contribution is -0.139. The predicted molar refractivity (Wildman–Crippen MR) is 168 cm³/mol. The normalized spacial score (nSPS) is 12.0. The number of carbonyl (C=O) groups is 2. The average Bonchev–Trinajstić information content (AvgIpc) is 2.96. The van der Waals surface area contributed by atoms with Gasteiger partial charge < -0.3 is 15.0 Å². The van der Waals surface area contributed by atoms with Crippen molar-refractivity contribution in [3.05, 3.63) is 87.4 Å². The number of sulfonamides is 1. The van der Waals surface area contributed by atoms with Crippen LogP contribution in [0.1, 0.15) is 39.2 Å². The van der Waals surface area contributed by atoms with E-state index in [9.17, 15) is 18.0 Å². The minimum Gasteiger partial charge on any atom is -0.492 e. The largest absolute Gasteiger partial charge is 0.492 e. The van der Waals surface area contributed by atoms with E-state index in [2.05, 4.69) is 5.32 Å². The standard InChI is InChI=1S/C30H34Cl3N3O5S/c1-4-6-17-34-30(38)21(3)35(19-22-11-16-25(32)26(33)18-22)29(37)20-36(27-9-7-8-10-28(27)41-5-2)42(39,40)24-14-12-23(31)13-15-24/h7-16,18,21H,4-6,17,19-20H2,1-3H3,(H,34,38)/t21-/m1/s1. The van der Waals surface area contributed by atoms with Crippen LogP contribution in [0.2, 0.25) is 15.1 Å². The molecule has 0 aliphatic heterocycles. The number of hydrogen-bond donors (Lipinski definition) is 1. The molecule has 0 aromatic heterocycles. The molecular weight excluding hydrogens is 621 g/mol. The number of amides is 2. The van der Waals surface area contributed by atoms with E-state index in [0.717, 1.165) is 17.1 Å². The van der Waals surface area contributed by atoms with Gasteiger partial charge in [-0.25, -0.2) is 8.42 Å². The van der Waals surface area contributed by atoms with Gasteiger partial charge in [-0.3, -0.25) is 13.9 Å². The molecule has 42 heavy (non-hydrogen) atoms. The molecule has 1 N–H and O–H groups in total. The molecule has 8 nitrogen and oxygen atoms in total. The molecule has 0 saturated heterocycles. The predicted octanol–water partition coefficient (Wildman–Crippen LogP) is 6.57. The van der Waals surface area contributed by atoms with E-state index in [4.69, 9.17) is 39.5 Å². The maximum Gasteiger partial charge on any atom is 0.264 e. The molecule has 2 amide bonds. The first kappa shape index (κ1) is 33.5. The third-order valence-electron chi connectivity index (χ3n) is 6.45. The van der Waals surface area contributed by atoms with Crippen molar-refractivity contribution in [1.29, 1.82) is 0 Å². The molecule has 3 aromatic carbocycles. The number of para-hydroxylation sites is 2. The fourth-order valence-corrected chi connectivity index (χ4v) is 6.01. The summed E-state index contributed by atoms with van der Waals surface area (Å²) >= 11 is 18.3. The molecule has 0 radical (unpaired) electrons. The first-order valence-electron chi connectivity index (χ1n) is 13.5. The van der Waals surface area contributed by atoms with Gasteiger partial charge >= 0.3 is 0 Å². The second kappa shape index (κ2) is 15.5. The van der Waals surface area contributed by atoms with Gasteiger partial charge in [0.15, 0.2) is 0 Å². The molecule has 0 fully saturated rings. The van der Waals surface area contributed by atoms with Crippen molar-refractivity contribution < 1.29 is 22.7 Å². The number of hydrogen-bond acceptors (Lipinski definition) is 5. The van der Waals surface area contributed by atoms with Gasteiger partial charge in [0.1, 0.15) is 18.3 Å². The Labute approximate surface area is 262 Å². The summed E-state index contributed by atoms with van der Waals surface area (Å²) in [7, 11) is -4.28. The molecule has 0 unspecified atom stereocenters. The molecule has 0 bridgehead atoms. The maximum absolute atomic E-state index is 14.1. The molecule has 0 aliphatic rings. The van der Waals surface area contributed by atoms with Gasteiger partial charge in [0.25, 0.3) is 10.0 Å². The third-order valence-corrected chi connectivity index (χ3v) is 9.21. The van der Waals surface area contributed by atoms with Crippen molar-refractivity contribution in [3.63, 3.8) is 0 Å². The van der Waals surface area contributed by atoms with Crippen LogP contribution < -0.4 is 14.4 Å². The van der Waals surface area contributed by atoms with Crippen molar-refractivity contribution in [2.75, 3.05) is 24.0 Å². The highest BCUT2D eigenvalue weighted by Gasteiger charge is 2.33. The Balaban J connectivity index is 2.06. The second-order valence-corrected chi connectivity index (χ2v) is 12.6. The second-order valence-electron chi connectivity index (χ2n) is 9.46. The number of ether oxygens (including phenoxy) is 1. The van der Waals surface area contributed by atoms with Gasteiger partial charge in [-0.05, 0) is 74.4 Å². The van der Waals surface area contributed by atoms with E-state index in [-0.39, 0.29) is 35.4 Å². The zero-order valence-corrected chi connectivity index (χ0v) is 26.7. The van der Waals surface area contributed by atoms with Gasteiger partial charge in [0, 0.05) is 18.1 Å². The number of anilines is 1. The molecule has 0 saturated carbocycles. The van der Waals surface area contributed by atoms with Crippen molar-refractivity contribution in [3.8, 4) is 5.75 Å². The van der Waals surface area contributed by atoms with E-state index < -0.39 is 28.5 Å². The van der Waals surface area contributed by atoms with Crippen molar-refractivity contribution in [2.45, 2.75) is 51.1 Å². The highest BCUT2D eigenvalue weighted by molar-refractivity contribution is 7.92. The van der Waals surface area contributed by atoms with Gasteiger partial charge in [0.05, 0.1) is 27.2 Å². The Morgan fingerprint density at radius 2 is 1.64 bits per heavy atom. The van der Waals surface area contributed by atoms with Gasteiger partial charge in [-0.1, -0.05) is 66.3 Å². The van der Waals surface area contributed by atoms with Crippen molar-refractivity contribution in [2.24, 2.45) is 0 Å². The number of unbranched alkanes of at least 4 members (excludes halogenated alkanes) is 1. The first-order chi connectivity index (χ1) is 20.0. The third kappa shape index (κ3) is 8.53. The molecule has 0 heterocycles. The lowest BCUT2D eigenvalue weighted by Crippen LogP contribution is -2.51. The summed E-state index contributed by atoms with van der Waals surface area (Å²) in [4.78, 5) is 28.4. The number of nitrogens with zero attached hydrogens (tertiary/aromatic N) is 2. The number of halogens is 3. The Morgan fingerprint density at radius 1 is 0.952 bits per heavy atom. The monoisotopic (exact) mass is 653 g/mol. The van der Waals surface area contributed by atoms with E-state index in [0.29, 0.717) is 27.2 Å². The summed E-state index contributed by atoms with van der Waals surface area (Å²) in [6, 6.07) is 16.2. The minimum atomic E-state index is -4.28. The summed E-state index contributed by atoms with van der Waals surface area (Å²) in [5.41, 5.74) is 0.796. The highest BCUT2D eigenvalue weighted by Crippen LogP contribution is 2.33. The van der Waals surface area contributed by atoms with Gasteiger partial charge in [-0.2, -0.15) is 0 Å². The number of nitrogens with one attached hydrogen (secondary N) is 1. The Morgan fingerprint density at radius 3 is 2.29 bits per heavy atom. The summed E-state index contributed by atoms with van der Waals surface area (Å²) in [5, 5.41) is 3.85. The molecule has 1 atom stereocenters. The SMILES string of the molecule is CCCCNC(=O)[C@@H](C)N(Cc1ccc(Cl)c(Cl)c1)C(=O)CN(c1ccccc1OCC)S(=O)(=O)c1ccc(Cl)cc1. The van der Waals surface area contributed by atoms with Gasteiger partial charge in [0.2, 0.25) is 11.8 Å². The van der Waals surface area contributed by atoms with Crippen LogP contribution in [-0.4, -0.2) is 50.9 Å². The number of rotatable bonds is 14. The number of benzene rings is 3. The van der Waals surface area contributed by atoms with Crippen LogP contribution in [0.25, 0.3) is 0 Å².